The van der Waals surface area contributed by atoms with Gasteiger partial charge in [0.05, 0.1) is 5.75 Å². The van der Waals surface area contributed by atoms with Gasteiger partial charge in [0, 0.05) is 19.1 Å². The molecule has 23 heavy (non-hydrogen) atoms. The van der Waals surface area contributed by atoms with E-state index in [1.54, 1.807) is 11.3 Å². The van der Waals surface area contributed by atoms with Gasteiger partial charge in [-0.2, -0.15) is 0 Å². The molecule has 0 aromatic carbocycles. The van der Waals surface area contributed by atoms with Gasteiger partial charge in [-0.15, -0.1) is 10.2 Å². The van der Waals surface area contributed by atoms with Gasteiger partial charge in [-0.3, -0.25) is 4.79 Å². The lowest BCUT2D eigenvalue weighted by molar-refractivity contribution is -0.130. The number of hydrogen-bond donors (Lipinski definition) is 0. The number of hydrogen-bond acceptors (Lipinski definition) is 6. The van der Waals surface area contributed by atoms with Crippen molar-refractivity contribution in [3.8, 4) is 0 Å². The highest BCUT2D eigenvalue weighted by Gasteiger charge is 2.19. The summed E-state index contributed by atoms with van der Waals surface area (Å²) < 4.78 is 0.882. The van der Waals surface area contributed by atoms with Gasteiger partial charge in [0.15, 0.2) is 4.34 Å². The topological polar surface area (TPSA) is 49.3 Å². The average molecular weight is 357 g/mol. The number of amides is 1. The lowest BCUT2D eigenvalue weighted by atomic mass is 10.2. The Morgan fingerprint density at radius 1 is 1.26 bits per heavy atom. The van der Waals surface area contributed by atoms with Crippen LogP contribution in [0.5, 0.6) is 0 Å². The number of nitrogens with zero attached hydrogens (tertiary/aromatic N) is 4. The second-order valence-electron chi connectivity index (χ2n) is 6.31. The van der Waals surface area contributed by atoms with Crippen molar-refractivity contribution in [2.24, 2.45) is 0 Å². The first-order valence-corrected chi connectivity index (χ1v) is 10.3. The molecule has 0 radical (unpaired) electrons. The summed E-state index contributed by atoms with van der Waals surface area (Å²) in [5.41, 5.74) is 0. The summed E-state index contributed by atoms with van der Waals surface area (Å²) in [6.45, 7) is 10.3. The van der Waals surface area contributed by atoms with Gasteiger partial charge in [0.2, 0.25) is 5.91 Å². The molecule has 1 aliphatic rings. The molecule has 1 aliphatic heterocycles. The number of thioether (sulfide) groups is 1. The first kappa shape index (κ1) is 18.7. The summed E-state index contributed by atoms with van der Waals surface area (Å²) in [6.07, 6.45) is 5.28. The molecule has 5 nitrogen and oxygen atoms in total. The predicted octanol–water partition coefficient (Wildman–Crippen LogP) is 3.05. The maximum absolute atomic E-state index is 12.5. The third-order valence-electron chi connectivity index (χ3n) is 4.13. The van der Waals surface area contributed by atoms with Crippen LogP contribution in [0.15, 0.2) is 4.34 Å². The Bertz CT molecular complexity index is 484. The van der Waals surface area contributed by atoms with E-state index in [-0.39, 0.29) is 11.9 Å². The molecule has 2 heterocycles. The zero-order valence-electron chi connectivity index (χ0n) is 14.5. The zero-order chi connectivity index (χ0) is 16.7. The maximum Gasteiger partial charge on any atom is 0.233 e. The third kappa shape index (κ3) is 6.39. The quantitative estimate of drug-likeness (QED) is 0.703. The summed E-state index contributed by atoms with van der Waals surface area (Å²) in [5, 5.41) is 9.02. The second-order valence-corrected chi connectivity index (χ2v) is 8.72. The van der Waals surface area contributed by atoms with Crippen LogP contribution < -0.4 is 0 Å². The Morgan fingerprint density at radius 2 is 1.96 bits per heavy atom. The van der Waals surface area contributed by atoms with Gasteiger partial charge in [-0.05, 0) is 46.7 Å². The predicted molar refractivity (Wildman–Crippen MR) is 97.1 cm³/mol. The minimum Gasteiger partial charge on any atom is -0.338 e. The molecule has 0 bridgehead atoms. The highest BCUT2D eigenvalue weighted by molar-refractivity contribution is 8.01. The van der Waals surface area contributed by atoms with Crippen LogP contribution >= 0.6 is 23.1 Å². The fourth-order valence-electron chi connectivity index (χ4n) is 2.82. The Kier molecular flexibility index (Phi) is 7.79. The van der Waals surface area contributed by atoms with Crippen molar-refractivity contribution in [2.45, 2.75) is 56.8 Å². The first-order chi connectivity index (χ1) is 11.1. The molecule has 0 unspecified atom stereocenters. The normalized spacial score (nSPS) is 16.5. The van der Waals surface area contributed by atoms with E-state index in [1.807, 2.05) is 11.8 Å². The Balaban J connectivity index is 1.80. The first-order valence-electron chi connectivity index (χ1n) is 8.51. The average Bonchev–Trinajstić information content (AvgIpc) is 2.76. The molecule has 1 aromatic heterocycles. The molecule has 0 spiro atoms. The van der Waals surface area contributed by atoms with Gasteiger partial charge < -0.3 is 9.80 Å². The summed E-state index contributed by atoms with van der Waals surface area (Å²) in [7, 11) is 0. The van der Waals surface area contributed by atoms with E-state index in [4.69, 9.17) is 0 Å². The van der Waals surface area contributed by atoms with E-state index in [1.165, 1.54) is 50.5 Å². The van der Waals surface area contributed by atoms with Gasteiger partial charge in [-0.25, -0.2) is 0 Å². The summed E-state index contributed by atoms with van der Waals surface area (Å²) in [5.74, 6) is 0.653. The van der Waals surface area contributed by atoms with Crippen LogP contribution in [0.25, 0.3) is 0 Å². The van der Waals surface area contributed by atoms with Crippen molar-refractivity contribution in [2.75, 3.05) is 31.9 Å². The van der Waals surface area contributed by atoms with Crippen molar-refractivity contribution in [3.63, 3.8) is 0 Å². The molecule has 0 N–H and O–H groups in total. The van der Waals surface area contributed by atoms with Crippen LogP contribution in [0.2, 0.25) is 0 Å². The molecule has 7 heteroatoms. The number of carbonyl (C=O) groups is 1. The molecule has 130 valence electrons. The maximum atomic E-state index is 12.5. The fraction of sp³-hybridized carbons (Fsp3) is 0.812. The lowest BCUT2D eigenvalue weighted by Gasteiger charge is -2.30. The summed E-state index contributed by atoms with van der Waals surface area (Å²) in [6, 6.07) is 0.242. The number of carbonyl (C=O) groups excluding carboxylic acids is 1. The molecule has 0 atom stereocenters. The largest absolute Gasteiger partial charge is 0.338 e. The number of aromatic nitrogens is 2. The monoisotopic (exact) mass is 356 g/mol. The third-order valence-corrected chi connectivity index (χ3v) is 6.08. The van der Waals surface area contributed by atoms with Gasteiger partial charge in [0.25, 0.3) is 0 Å². The smallest absolute Gasteiger partial charge is 0.233 e. The SMILES string of the molecule is Cc1nnc(SCC(=O)N(CCN2CCCCCC2)C(C)C)s1. The van der Waals surface area contributed by atoms with Crippen molar-refractivity contribution >= 4 is 29.0 Å². The van der Waals surface area contributed by atoms with Gasteiger partial charge in [-0.1, -0.05) is 35.9 Å². The molecule has 1 amide bonds. The Morgan fingerprint density at radius 3 is 2.52 bits per heavy atom. The lowest BCUT2D eigenvalue weighted by Crippen LogP contribution is -2.43. The summed E-state index contributed by atoms with van der Waals surface area (Å²) in [4.78, 5) is 17.1. The standard InChI is InChI=1S/C16H28N4OS2/c1-13(2)20(11-10-19-8-6-4-5-7-9-19)15(21)12-22-16-18-17-14(3)23-16/h13H,4-12H2,1-3H3. The molecule has 0 saturated carbocycles. The van der Waals surface area contributed by atoms with Crippen LogP contribution in [0, 0.1) is 6.92 Å². The van der Waals surface area contributed by atoms with Crippen molar-refractivity contribution in [1.82, 2.24) is 20.0 Å². The van der Waals surface area contributed by atoms with Crippen LogP contribution in [0.1, 0.15) is 44.5 Å². The van der Waals surface area contributed by atoms with E-state index >= 15 is 0 Å². The molecule has 0 aliphatic carbocycles. The number of rotatable bonds is 7. The Labute approximate surface area is 147 Å². The number of likely N-dealkylation sites (tertiary alicyclic amines) is 1. The molecule has 1 saturated heterocycles. The van der Waals surface area contributed by atoms with Crippen LogP contribution in [-0.2, 0) is 4.79 Å². The summed E-state index contributed by atoms with van der Waals surface area (Å²) >= 11 is 3.05. The van der Waals surface area contributed by atoms with E-state index in [2.05, 4.69) is 28.9 Å². The van der Waals surface area contributed by atoms with E-state index in [9.17, 15) is 4.79 Å². The molecular weight excluding hydrogens is 328 g/mol. The van der Waals surface area contributed by atoms with Crippen LogP contribution in [0.3, 0.4) is 0 Å². The van der Waals surface area contributed by atoms with Gasteiger partial charge in [0.1, 0.15) is 5.01 Å². The minimum atomic E-state index is 0.202. The molecule has 1 aromatic rings. The van der Waals surface area contributed by atoms with E-state index in [0.29, 0.717) is 5.75 Å². The zero-order valence-corrected chi connectivity index (χ0v) is 16.1. The second kappa shape index (κ2) is 9.59. The molecule has 1 fully saturated rings. The highest BCUT2D eigenvalue weighted by atomic mass is 32.2. The van der Waals surface area contributed by atoms with Gasteiger partial charge >= 0.3 is 0 Å². The minimum absolute atomic E-state index is 0.202. The van der Waals surface area contributed by atoms with Crippen molar-refractivity contribution in [1.29, 1.82) is 0 Å². The number of aryl methyl sites for hydroxylation is 1. The molecule has 2 rings (SSSR count). The van der Waals surface area contributed by atoms with Crippen LogP contribution in [-0.4, -0.2) is 63.9 Å². The van der Waals surface area contributed by atoms with Crippen LogP contribution in [0.4, 0.5) is 0 Å². The van der Waals surface area contributed by atoms with E-state index in [0.717, 1.165) is 22.4 Å². The molecular formula is C16H28N4OS2. The van der Waals surface area contributed by atoms with Crippen molar-refractivity contribution < 1.29 is 4.79 Å². The fourth-order valence-corrected chi connectivity index (χ4v) is 4.52. The van der Waals surface area contributed by atoms with E-state index < -0.39 is 0 Å². The highest BCUT2D eigenvalue weighted by Crippen LogP contribution is 2.22. The van der Waals surface area contributed by atoms with Crippen molar-refractivity contribution in [3.05, 3.63) is 5.01 Å². The Hall–Kier alpha value is -0.660.